The Morgan fingerprint density at radius 2 is 0.650 bits per heavy atom. The van der Waals surface area contributed by atoms with Gasteiger partial charge in [-0.25, -0.2) is 0 Å². The highest BCUT2D eigenvalue weighted by Gasteiger charge is 2.02. The summed E-state index contributed by atoms with van der Waals surface area (Å²) in [5, 5.41) is 35.5. The molecule has 0 heterocycles. The number of hydrogen-bond acceptors (Lipinski definition) is 8. The molecule has 12 N–H and O–H groups in total. The minimum absolute atomic E-state index is 0.160. The first-order valence-corrected chi connectivity index (χ1v) is 5.36. The van der Waals surface area contributed by atoms with Gasteiger partial charge in [0.1, 0.15) is 23.0 Å². The van der Waals surface area contributed by atoms with E-state index in [1.54, 1.807) is 0 Å². The van der Waals surface area contributed by atoms with Crippen molar-refractivity contribution in [2.75, 3.05) is 22.9 Å². The Balaban J connectivity index is 0.000000200. The van der Waals surface area contributed by atoms with Crippen LogP contribution in [0.2, 0.25) is 0 Å². The van der Waals surface area contributed by atoms with Crippen LogP contribution in [0.1, 0.15) is 0 Å². The summed E-state index contributed by atoms with van der Waals surface area (Å²) in [4.78, 5) is 0. The second-order valence-corrected chi connectivity index (χ2v) is 3.94. The zero-order chi connectivity index (χ0) is 15.4. The monoisotopic (exact) mass is 280 g/mol. The quantitative estimate of drug-likeness (QED) is 0.195. The van der Waals surface area contributed by atoms with Crippen LogP contribution in [-0.2, 0) is 0 Å². The van der Waals surface area contributed by atoms with E-state index in [1.807, 2.05) is 0 Å². The first-order valence-electron chi connectivity index (χ1n) is 5.36. The number of nitrogens with two attached hydrogens (primary N) is 4. The largest absolute Gasteiger partial charge is 0.506 e. The van der Waals surface area contributed by atoms with Crippen LogP contribution in [0.5, 0.6) is 23.0 Å². The van der Waals surface area contributed by atoms with Gasteiger partial charge in [0, 0.05) is 12.1 Å². The maximum Gasteiger partial charge on any atom is 0.142 e. The molecule has 0 bridgehead atoms. The van der Waals surface area contributed by atoms with Gasteiger partial charge < -0.3 is 43.4 Å². The summed E-state index contributed by atoms with van der Waals surface area (Å²) in [7, 11) is 0. The molecule has 20 heavy (non-hydrogen) atoms. The van der Waals surface area contributed by atoms with Gasteiger partial charge >= 0.3 is 0 Å². The fraction of sp³-hybridized carbons (Fsp3) is 0. The molecule has 2 aromatic rings. The lowest BCUT2D eigenvalue weighted by Gasteiger charge is -2.01. The highest BCUT2D eigenvalue weighted by atomic mass is 16.3. The van der Waals surface area contributed by atoms with Crippen LogP contribution in [0.3, 0.4) is 0 Å². The van der Waals surface area contributed by atoms with Crippen molar-refractivity contribution in [2.24, 2.45) is 0 Å². The lowest BCUT2D eigenvalue weighted by Crippen LogP contribution is -1.90. The average Bonchev–Trinajstić information content (AvgIpc) is 2.35. The summed E-state index contributed by atoms with van der Waals surface area (Å²) in [6.07, 6.45) is 0. The Morgan fingerprint density at radius 1 is 0.450 bits per heavy atom. The molecule has 2 rings (SSSR count). The van der Waals surface area contributed by atoms with E-state index in [0.717, 1.165) is 12.1 Å². The van der Waals surface area contributed by atoms with Crippen molar-refractivity contribution >= 4 is 22.7 Å². The molecule has 0 spiro atoms. The van der Waals surface area contributed by atoms with Crippen LogP contribution in [0.4, 0.5) is 22.7 Å². The van der Waals surface area contributed by atoms with Gasteiger partial charge in [-0.05, 0) is 12.1 Å². The molecule has 0 atom stereocenters. The van der Waals surface area contributed by atoms with E-state index in [0.29, 0.717) is 0 Å². The number of aromatic hydroxyl groups is 4. The summed E-state index contributed by atoms with van der Waals surface area (Å²) in [5.74, 6) is -0.642. The predicted molar refractivity (Wildman–Crippen MR) is 77.2 cm³/mol. The van der Waals surface area contributed by atoms with Gasteiger partial charge in [-0.2, -0.15) is 0 Å². The van der Waals surface area contributed by atoms with E-state index in [2.05, 4.69) is 0 Å². The fourth-order valence-corrected chi connectivity index (χ4v) is 1.22. The fourth-order valence-electron chi connectivity index (χ4n) is 1.22. The van der Waals surface area contributed by atoms with Crippen LogP contribution >= 0.6 is 0 Å². The van der Waals surface area contributed by atoms with Crippen molar-refractivity contribution < 1.29 is 20.4 Å². The minimum atomic E-state index is -0.160. The van der Waals surface area contributed by atoms with Gasteiger partial charge in [0.05, 0.1) is 22.7 Å². The number of phenolic OH excluding ortho intramolecular Hbond substituents is 4. The number of nitrogen functional groups attached to an aromatic ring is 4. The van der Waals surface area contributed by atoms with E-state index >= 15 is 0 Å². The molecule has 0 aliphatic rings. The molecule has 0 amide bonds. The van der Waals surface area contributed by atoms with Gasteiger partial charge in [-0.1, -0.05) is 0 Å². The van der Waals surface area contributed by atoms with E-state index in [-0.39, 0.29) is 45.7 Å². The van der Waals surface area contributed by atoms with Crippen molar-refractivity contribution in [2.45, 2.75) is 0 Å². The Labute approximate surface area is 114 Å². The van der Waals surface area contributed by atoms with E-state index < -0.39 is 0 Å². The highest BCUT2D eigenvalue weighted by molar-refractivity contribution is 5.67. The molecule has 0 saturated carbocycles. The lowest BCUT2D eigenvalue weighted by molar-refractivity contribution is 0.453. The number of anilines is 4. The molecule has 0 aliphatic carbocycles. The first kappa shape index (κ1) is 14.9. The molecular formula is C12H16N4O4. The molecule has 8 heteroatoms. The summed E-state index contributed by atoms with van der Waals surface area (Å²) >= 11 is 0. The Kier molecular flexibility index (Phi) is 4.21. The standard InChI is InChI=1S/2C6H8N2O2/c2*7-3-1-4(8)6(10)2-5(3)9/h2*1-2,9-10H,7-8H2. The van der Waals surface area contributed by atoms with Crippen LogP contribution < -0.4 is 22.9 Å². The maximum absolute atomic E-state index is 8.88. The molecule has 0 saturated heterocycles. The summed E-state index contributed by atoms with van der Waals surface area (Å²) in [5.41, 5.74) is 21.6. The average molecular weight is 280 g/mol. The molecular weight excluding hydrogens is 264 g/mol. The number of phenols is 4. The zero-order valence-electron chi connectivity index (χ0n) is 10.4. The topological polar surface area (TPSA) is 185 Å². The first-order chi connectivity index (χ1) is 9.22. The van der Waals surface area contributed by atoms with Crippen molar-refractivity contribution in [1.82, 2.24) is 0 Å². The van der Waals surface area contributed by atoms with Crippen LogP contribution in [0.15, 0.2) is 24.3 Å². The predicted octanol–water partition coefficient (Wildman–Crippen LogP) is 0.524. The smallest absolute Gasteiger partial charge is 0.142 e. The van der Waals surface area contributed by atoms with Gasteiger partial charge in [0.2, 0.25) is 0 Å². The molecule has 0 radical (unpaired) electrons. The minimum Gasteiger partial charge on any atom is -0.506 e. The third-order valence-electron chi connectivity index (χ3n) is 2.35. The van der Waals surface area contributed by atoms with Crippen molar-refractivity contribution in [1.29, 1.82) is 0 Å². The molecule has 0 fully saturated rings. The number of hydrogen-bond donors (Lipinski definition) is 8. The van der Waals surface area contributed by atoms with E-state index in [9.17, 15) is 0 Å². The SMILES string of the molecule is Nc1cc(N)c(O)cc1O.Nc1cc(N)c(O)cc1O. The van der Waals surface area contributed by atoms with Crippen molar-refractivity contribution in [3.05, 3.63) is 24.3 Å². The maximum atomic E-state index is 8.88. The summed E-state index contributed by atoms with van der Waals surface area (Å²) in [6.45, 7) is 0. The molecule has 0 aliphatic heterocycles. The zero-order valence-corrected chi connectivity index (χ0v) is 10.4. The van der Waals surface area contributed by atoms with Crippen LogP contribution in [0, 0.1) is 0 Å². The van der Waals surface area contributed by atoms with Crippen LogP contribution in [-0.4, -0.2) is 20.4 Å². The van der Waals surface area contributed by atoms with Crippen LogP contribution in [0.25, 0.3) is 0 Å². The molecule has 108 valence electrons. The molecule has 0 aromatic heterocycles. The second kappa shape index (κ2) is 5.65. The van der Waals surface area contributed by atoms with Gasteiger partial charge in [0.15, 0.2) is 0 Å². The van der Waals surface area contributed by atoms with Gasteiger partial charge in [-0.3, -0.25) is 0 Å². The molecule has 0 unspecified atom stereocenters. The second-order valence-electron chi connectivity index (χ2n) is 3.94. The number of rotatable bonds is 0. The van der Waals surface area contributed by atoms with Crippen molar-refractivity contribution in [3.63, 3.8) is 0 Å². The Morgan fingerprint density at radius 3 is 0.800 bits per heavy atom. The summed E-state index contributed by atoms with van der Waals surface area (Å²) in [6, 6.07) is 4.80. The third kappa shape index (κ3) is 3.42. The highest BCUT2D eigenvalue weighted by Crippen LogP contribution is 2.31. The summed E-state index contributed by atoms with van der Waals surface area (Å²) < 4.78 is 0. The number of benzene rings is 2. The van der Waals surface area contributed by atoms with Gasteiger partial charge in [0.25, 0.3) is 0 Å². The van der Waals surface area contributed by atoms with E-state index in [1.165, 1.54) is 12.1 Å². The van der Waals surface area contributed by atoms with Crippen molar-refractivity contribution in [3.8, 4) is 23.0 Å². The normalized spacial score (nSPS) is 9.60. The third-order valence-corrected chi connectivity index (χ3v) is 2.35. The van der Waals surface area contributed by atoms with E-state index in [4.69, 9.17) is 43.4 Å². The lowest BCUT2D eigenvalue weighted by atomic mass is 10.2. The van der Waals surface area contributed by atoms with Gasteiger partial charge in [-0.15, -0.1) is 0 Å². The Bertz CT molecular complexity index is 475. The molecule has 2 aromatic carbocycles. The Hall–Kier alpha value is -3.16. The molecule has 8 nitrogen and oxygen atoms in total.